The van der Waals surface area contributed by atoms with Crippen LogP contribution < -0.4 is 5.56 Å². The lowest BCUT2D eigenvalue weighted by molar-refractivity contribution is 0.0346. The Morgan fingerprint density at radius 2 is 2.33 bits per heavy atom. The summed E-state index contributed by atoms with van der Waals surface area (Å²) in [4.78, 5) is 16.3. The number of isothiocyanates is 1. The minimum Gasteiger partial charge on any atom is -0.375 e. The van der Waals surface area contributed by atoms with Gasteiger partial charge in [-0.1, -0.05) is 0 Å². The average Bonchev–Trinajstić information content (AvgIpc) is 3.20. The Balaban J connectivity index is 1.90. The van der Waals surface area contributed by atoms with Crippen molar-refractivity contribution in [3.8, 4) is 0 Å². The summed E-state index contributed by atoms with van der Waals surface area (Å²) in [6, 6.07) is 1.75. The molecule has 3 rings (SSSR count). The molecule has 5 nitrogen and oxygen atoms in total. The largest absolute Gasteiger partial charge is 0.375 e. The summed E-state index contributed by atoms with van der Waals surface area (Å²) in [5, 5.41) is 6.80. The number of aliphatic imine (C=N–C) groups is 1. The van der Waals surface area contributed by atoms with Crippen LogP contribution in [0.4, 0.5) is 5.69 Å². The molecule has 2 fully saturated rings. The van der Waals surface area contributed by atoms with Crippen molar-refractivity contribution >= 4 is 23.1 Å². The zero-order chi connectivity index (χ0) is 15.0. The molecule has 1 aromatic rings. The van der Waals surface area contributed by atoms with Crippen molar-refractivity contribution in [2.45, 2.75) is 51.2 Å². The Morgan fingerprint density at radius 3 is 2.90 bits per heavy atom. The summed E-state index contributed by atoms with van der Waals surface area (Å²) in [7, 11) is 0. The molecule has 0 N–H and O–H groups in total. The molecule has 112 valence electrons. The molecule has 1 saturated carbocycles. The lowest BCUT2D eigenvalue weighted by atomic mass is 9.98. The van der Waals surface area contributed by atoms with Gasteiger partial charge in [0, 0.05) is 11.8 Å². The molecule has 0 radical (unpaired) electrons. The summed E-state index contributed by atoms with van der Waals surface area (Å²) in [5.41, 5.74) is 0.982. The van der Waals surface area contributed by atoms with Gasteiger partial charge in [0.1, 0.15) is 5.69 Å². The van der Waals surface area contributed by atoms with Crippen LogP contribution in [0.2, 0.25) is 0 Å². The molecule has 0 amide bonds. The highest BCUT2D eigenvalue weighted by Gasteiger charge is 2.33. The van der Waals surface area contributed by atoms with Crippen LogP contribution in [0.15, 0.2) is 15.9 Å². The topological polar surface area (TPSA) is 56.5 Å². The quantitative estimate of drug-likeness (QED) is 0.634. The van der Waals surface area contributed by atoms with E-state index in [0.717, 1.165) is 25.0 Å². The monoisotopic (exact) mass is 305 g/mol. The van der Waals surface area contributed by atoms with Crippen molar-refractivity contribution < 1.29 is 4.74 Å². The van der Waals surface area contributed by atoms with E-state index in [1.807, 2.05) is 0 Å². The molecule has 1 saturated heterocycles. The van der Waals surface area contributed by atoms with Crippen molar-refractivity contribution in [3.63, 3.8) is 0 Å². The van der Waals surface area contributed by atoms with Gasteiger partial charge in [-0.2, -0.15) is 10.1 Å². The standard InChI is InChI=1S/C15H19N3O2S/c1-15(2)6-10(8-20-15)7-18-14(19)13(16-9-21)5-12(17-18)11-3-4-11/h5,10-11H,3-4,6-8H2,1-2H3. The van der Waals surface area contributed by atoms with Crippen LogP contribution in [-0.4, -0.2) is 27.1 Å². The van der Waals surface area contributed by atoms with Crippen molar-refractivity contribution in [3.05, 3.63) is 22.1 Å². The van der Waals surface area contributed by atoms with E-state index in [0.29, 0.717) is 30.7 Å². The van der Waals surface area contributed by atoms with E-state index in [1.165, 1.54) is 4.68 Å². The Labute approximate surface area is 129 Å². The zero-order valence-corrected chi connectivity index (χ0v) is 13.2. The molecule has 0 aromatic carbocycles. The van der Waals surface area contributed by atoms with E-state index >= 15 is 0 Å². The van der Waals surface area contributed by atoms with Gasteiger partial charge >= 0.3 is 0 Å². The number of ether oxygens (including phenoxy) is 1. The van der Waals surface area contributed by atoms with Gasteiger partial charge in [0.15, 0.2) is 0 Å². The van der Waals surface area contributed by atoms with Crippen LogP contribution in [0.25, 0.3) is 0 Å². The van der Waals surface area contributed by atoms with Crippen LogP contribution in [0.1, 0.15) is 44.7 Å². The van der Waals surface area contributed by atoms with Crippen LogP contribution in [0.3, 0.4) is 0 Å². The number of aromatic nitrogens is 2. The number of hydrogen-bond donors (Lipinski definition) is 0. The summed E-state index contributed by atoms with van der Waals surface area (Å²) >= 11 is 4.63. The second-order valence-corrected chi connectivity index (χ2v) is 6.74. The molecule has 1 aliphatic carbocycles. The van der Waals surface area contributed by atoms with E-state index < -0.39 is 0 Å². The molecular weight excluding hydrogens is 286 g/mol. The first-order valence-electron chi connectivity index (χ1n) is 7.32. The highest BCUT2D eigenvalue weighted by Crippen LogP contribution is 2.39. The highest BCUT2D eigenvalue weighted by molar-refractivity contribution is 7.78. The fourth-order valence-corrected chi connectivity index (χ4v) is 3.00. The summed E-state index contributed by atoms with van der Waals surface area (Å²) < 4.78 is 7.27. The predicted octanol–water partition coefficient (Wildman–Crippen LogP) is 2.67. The van der Waals surface area contributed by atoms with Crippen molar-refractivity contribution in [2.75, 3.05) is 6.61 Å². The maximum atomic E-state index is 12.4. The second kappa shape index (κ2) is 5.44. The molecule has 0 bridgehead atoms. The molecule has 2 heterocycles. The Bertz CT molecular complexity index is 657. The normalized spacial score (nSPS) is 23.8. The van der Waals surface area contributed by atoms with E-state index in [4.69, 9.17) is 4.74 Å². The number of thiocarbonyl (C=S) groups is 1. The van der Waals surface area contributed by atoms with Gasteiger partial charge in [0.2, 0.25) is 0 Å². The maximum absolute atomic E-state index is 12.4. The fourth-order valence-electron chi connectivity index (χ4n) is 2.90. The van der Waals surface area contributed by atoms with Gasteiger partial charge < -0.3 is 4.74 Å². The smallest absolute Gasteiger partial charge is 0.293 e. The molecule has 1 aliphatic heterocycles. The fraction of sp³-hybridized carbons (Fsp3) is 0.667. The van der Waals surface area contributed by atoms with Gasteiger partial charge in [-0.3, -0.25) is 4.79 Å². The lowest BCUT2D eigenvalue weighted by Gasteiger charge is -2.16. The average molecular weight is 305 g/mol. The third-order valence-corrected chi connectivity index (χ3v) is 4.15. The van der Waals surface area contributed by atoms with E-state index in [2.05, 4.69) is 41.3 Å². The van der Waals surface area contributed by atoms with E-state index in [1.54, 1.807) is 6.07 Å². The molecule has 1 atom stereocenters. The third kappa shape index (κ3) is 3.28. The molecule has 2 aliphatic rings. The lowest BCUT2D eigenvalue weighted by Crippen LogP contribution is -2.28. The first-order valence-corrected chi connectivity index (χ1v) is 7.73. The predicted molar refractivity (Wildman–Crippen MR) is 83.3 cm³/mol. The van der Waals surface area contributed by atoms with Crippen LogP contribution in [0.5, 0.6) is 0 Å². The van der Waals surface area contributed by atoms with Gasteiger partial charge in [0.05, 0.1) is 29.6 Å². The van der Waals surface area contributed by atoms with E-state index in [9.17, 15) is 4.79 Å². The molecular formula is C15H19N3O2S. The first-order chi connectivity index (χ1) is 9.98. The maximum Gasteiger partial charge on any atom is 0.293 e. The summed E-state index contributed by atoms with van der Waals surface area (Å²) in [5.74, 6) is 0.774. The molecule has 0 spiro atoms. The second-order valence-electron chi connectivity index (χ2n) is 6.56. The molecule has 1 aromatic heterocycles. The number of hydrogen-bond acceptors (Lipinski definition) is 5. The molecule has 1 unspecified atom stereocenters. The Morgan fingerprint density at radius 1 is 1.57 bits per heavy atom. The van der Waals surface area contributed by atoms with Crippen LogP contribution >= 0.6 is 12.2 Å². The minimum atomic E-state index is -0.193. The van der Waals surface area contributed by atoms with E-state index in [-0.39, 0.29) is 11.2 Å². The van der Waals surface area contributed by atoms with Crippen LogP contribution in [0, 0.1) is 5.92 Å². The third-order valence-electron chi connectivity index (χ3n) is 4.06. The number of rotatable bonds is 4. The van der Waals surface area contributed by atoms with Gasteiger partial charge in [0.25, 0.3) is 5.56 Å². The minimum absolute atomic E-state index is 0.113. The first kappa shape index (κ1) is 14.6. The summed E-state index contributed by atoms with van der Waals surface area (Å²) in [6.45, 7) is 5.39. The SMILES string of the molecule is CC1(C)CC(Cn2nc(C3CC3)cc(N=C=S)c2=O)CO1. The highest BCUT2D eigenvalue weighted by atomic mass is 32.1. The molecule has 6 heteroatoms. The van der Waals surface area contributed by atoms with Crippen molar-refractivity contribution in [1.82, 2.24) is 9.78 Å². The zero-order valence-electron chi connectivity index (χ0n) is 12.3. The summed E-state index contributed by atoms with van der Waals surface area (Å²) in [6.07, 6.45) is 3.19. The van der Waals surface area contributed by atoms with Crippen molar-refractivity contribution in [1.29, 1.82) is 0 Å². The van der Waals surface area contributed by atoms with Gasteiger partial charge in [-0.15, -0.1) is 0 Å². The Hall–Kier alpha value is -1.36. The van der Waals surface area contributed by atoms with Gasteiger partial charge in [-0.05, 0) is 51.4 Å². The van der Waals surface area contributed by atoms with Gasteiger partial charge in [-0.25, -0.2) is 4.68 Å². The van der Waals surface area contributed by atoms with Crippen molar-refractivity contribution in [2.24, 2.45) is 10.9 Å². The Kier molecular flexibility index (Phi) is 3.78. The molecule has 21 heavy (non-hydrogen) atoms. The number of nitrogens with zero attached hydrogens (tertiary/aromatic N) is 3. The van der Waals surface area contributed by atoms with Crippen LogP contribution in [-0.2, 0) is 11.3 Å².